The van der Waals surface area contributed by atoms with Gasteiger partial charge in [0.2, 0.25) is 0 Å². The quantitative estimate of drug-likeness (QED) is 0.135. The SMILES string of the molecule is CCCC1CCC(c2ccc(B3OB(c4ccc(C5CCC(CCC)CC5)c(F)c4F)OB(c4ccc(C5CCC(CCC)CC5)c(F)c4F)O3)c(F)c2F)CC1. The fourth-order valence-electron chi connectivity index (χ4n) is 10.6. The molecule has 0 atom stereocenters. The molecule has 1 heterocycles. The molecule has 4 aliphatic rings. The van der Waals surface area contributed by atoms with E-state index in [9.17, 15) is 0 Å². The lowest BCUT2D eigenvalue weighted by Crippen LogP contribution is -2.63. The first-order chi connectivity index (χ1) is 27.6. The highest BCUT2D eigenvalue weighted by Gasteiger charge is 2.48. The molecule has 0 bridgehead atoms. The van der Waals surface area contributed by atoms with Gasteiger partial charge in [0.1, 0.15) is 0 Å². The second kappa shape index (κ2) is 19.1. The van der Waals surface area contributed by atoms with E-state index >= 15 is 26.3 Å². The highest BCUT2D eigenvalue weighted by molar-refractivity contribution is 6.87. The van der Waals surface area contributed by atoms with Crippen LogP contribution in [0.15, 0.2) is 36.4 Å². The Morgan fingerprint density at radius 1 is 0.386 bits per heavy atom. The molecule has 3 aromatic carbocycles. The maximum atomic E-state index is 16.2. The molecule has 3 aromatic rings. The maximum absolute atomic E-state index is 16.2. The molecule has 0 radical (unpaired) electrons. The summed E-state index contributed by atoms with van der Waals surface area (Å²) in [6.07, 6.45) is 16.7. The third kappa shape index (κ3) is 9.23. The van der Waals surface area contributed by atoms with E-state index in [2.05, 4.69) is 20.8 Å². The van der Waals surface area contributed by atoms with Crippen LogP contribution < -0.4 is 16.4 Å². The summed E-state index contributed by atoms with van der Waals surface area (Å²) < 4.78 is 114. The van der Waals surface area contributed by atoms with Crippen molar-refractivity contribution < 1.29 is 40.1 Å². The van der Waals surface area contributed by atoms with Crippen LogP contribution in [0.5, 0.6) is 0 Å². The summed E-state index contributed by atoms with van der Waals surface area (Å²) in [7, 11) is -5.15. The Labute approximate surface area is 336 Å². The van der Waals surface area contributed by atoms with Crippen LogP contribution >= 0.6 is 0 Å². The molecule has 0 aromatic heterocycles. The third-order valence-corrected chi connectivity index (χ3v) is 13.9. The molecule has 12 heteroatoms. The van der Waals surface area contributed by atoms with Gasteiger partial charge in [-0.15, -0.1) is 0 Å². The van der Waals surface area contributed by atoms with Crippen molar-refractivity contribution in [3.05, 3.63) is 88.0 Å². The Morgan fingerprint density at radius 2 is 0.632 bits per heavy atom. The molecule has 7 rings (SSSR count). The summed E-state index contributed by atoms with van der Waals surface area (Å²) in [5.41, 5.74) is -0.200. The van der Waals surface area contributed by atoms with Crippen LogP contribution in [0.2, 0.25) is 0 Å². The third-order valence-electron chi connectivity index (χ3n) is 13.9. The van der Waals surface area contributed by atoms with Gasteiger partial charge in [-0.2, -0.15) is 0 Å². The molecule has 1 saturated heterocycles. The van der Waals surface area contributed by atoms with Crippen molar-refractivity contribution in [2.75, 3.05) is 0 Å². The van der Waals surface area contributed by atoms with Crippen LogP contribution in [-0.4, -0.2) is 21.4 Å². The number of benzene rings is 3. The summed E-state index contributed by atoms with van der Waals surface area (Å²) >= 11 is 0. The van der Waals surface area contributed by atoms with Crippen molar-refractivity contribution in [2.24, 2.45) is 17.8 Å². The van der Waals surface area contributed by atoms with E-state index in [4.69, 9.17) is 13.7 Å². The summed E-state index contributed by atoms with van der Waals surface area (Å²) in [6.45, 7) is 6.44. The largest absolute Gasteiger partial charge is 0.470 e. The Morgan fingerprint density at radius 3 is 0.860 bits per heavy atom. The van der Waals surface area contributed by atoms with E-state index in [0.29, 0.717) is 17.8 Å². The summed E-state index contributed by atoms with van der Waals surface area (Å²) in [5, 5.41) is 0. The zero-order valence-corrected chi connectivity index (χ0v) is 33.9. The van der Waals surface area contributed by atoms with Crippen LogP contribution in [0.1, 0.15) is 171 Å². The van der Waals surface area contributed by atoms with Crippen molar-refractivity contribution in [3.8, 4) is 0 Å². The maximum Gasteiger partial charge on any atom is 0.470 e. The number of halogens is 6. The van der Waals surface area contributed by atoms with Gasteiger partial charge in [-0.25, -0.2) is 26.3 Å². The molecule has 0 unspecified atom stereocenters. The van der Waals surface area contributed by atoms with Gasteiger partial charge in [-0.3, -0.25) is 0 Å². The fourth-order valence-corrected chi connectivity index (χ4v) is 10.6. The van der Waals surface area contributed by atoms with Gasteiger partial charge < -0.3 is 13.7 Å². The van der Waals surface area contributed by atoms with E-state index in [1.165, 1.54) is 36.4 Å². The first kappa shape index (κ1) is 42.4. The van der Waals surface area contributed by atoms with Crippen molar-refractivity contribution in [2.45, 2.75) is 154 Å². The molecular weight excluding hydrogens is 735 g/mol. The lowest BCUT2D eigenvalue weighted by atomic mass is 9.60. The summed E-state index contributed by atoms with van der Waals surface area (Å²) in [4.78, 5) is 0. The van der Waals surface area contributed by atoms with Gasteiger partial charge in [0.25, 0.3) is 0 Å². The second-order valence-electron chi connectivity index (χ2n) is 17.5. The highest BCUT2D eigenvalue weighted by atomic mass is 19.2. The highest BCUT2D eigenvalue weighted by Crippen LogP contribution is 2.41. The minimum Gasteiger partial charge on any atom is -0.444 e. The summed E-state index contributed by atoms with van der Waals surface area (Å²) in [6, 6.07) is 8.71. The molecular formula is C45H57B3F6O3. The Bertz CT molecular complexity index is 1610. The zero-order valence-electron chi connectivity index (χ0n) is 33.9. The smallest absolute Gasteiger partial charge is 0.444 e. The molecule has 3 saturated carbocycles. The molecule has 0 spiro atoms. The lowest BCUT2D eigenvalue weighted by Gasteiger charge is -2.33. The predicted molar refractivity (Wildman–Crippen MR) is 217 cm³/mol. The number of rotatable bonds is 12. The molecule has 0 N–H and O–H groups in total. The van der Waals surface area contributed by atoms with Gasteiger partial charge in [0.15, 0.2) is 34.9 Å². The van der Waals surface area contributed by atoms with E-state index in [1.54, 1.807) is 0 Å². The van der Waals surface area contributed by atoms with Crippen LogP contribution in [0.25, 0.3) is 0 Å². The topological polar surface area (TPSA) is 27.7 Å². The van der Waals surface area contributed by atoms with Crippen molar-refractivity contribution >= 4 is 37.7 Å². The molecule has 306 valence electrons. The van der Waals surface area contributed by atoms with Gasteiger partial charge in [0, 0.05) is 16.4 Å². The second-order valence-corrected chi connectivity index (χ2v) is 17.5. The van der Waals surface area contributed by atoms with E-state index in [1.807, 2.05) is 0 Å². The van der Waals surface area contributed by atoms with Gasteiger partial charge in [-0.05, 0) is 129 Å². The average Bonchev–Trinajstić information content (AvgIpc) is 3.22. The standard InChI is InChI=1S/C45H57B3F6O3/c1-4-7-28-10-16-31(17-11-28)34-22-25-37(43(52)40(34)49)46-55-47(38-26-23-35(41(50)44(38)53)32-18-12-29(8-5-2)13-19-32)57-48(56-46)39-27-24-36(42(51)45(39)54)33-20-14-30(9-6-3)15-21-33/h22-33H,4-21H2,1-3H3. The Hall–Kier alpha value is -2.69. The molecule has 3 nitrogen and oxygen atoms in total. The minimum absolute atomic E-state index is 0.145. The van der Waals surface area contributed by atoms with Crippen LogP contribution in [-0.2, 0) is 13.7 Å². The minimum atomic E-state index is -1.72. The zero-order chi connectivity index (χ0) is 40.2. The van der Waals surface area contributed by atoms with Gasteiger partial charge in [-0.1, -0.05) is 95.7 Å². The van der Waals surface area contributed by atoms with E-state index in [0.717, 1.165) is 116 Å². The number of hydrogen-bond donors (Lipinski definition) is 0. The lowest BCUT2D eigenvalue weighted by molar-refractivity contribution is 0.299. The first-order valence-electron chi connectivity index (χ1n) is 22.0. The Balaban J connectivity index is 1.18. The molecule has 1 aliphatic heterocycles. The van der Waals surface area contributed by atoms with E-state index < -0.39 is 56.3 Å². The average molecular weight is 792 g/mol. The van der Waals surface area contributed by atoms with Crippen molar-refractivity contribution in [3.63, 3.8) is 0 Å². The predicted octanol–water partition coefficient (Wildman–Crippen LogP) is 11.3. The fraction of sp³-hybridized carbons (Fsp3) is 0.600. The molecule has 57 heavy (non-hydrogen) atoms. The van der Waals surface area contributed by atoms with Gasteiger partial charge in [0.05, 0.1) is 0 Å². The first-order valence-corrected chi connectivity index (χ1v) is 22.0. The van der Waals surface area contributed by atoms with Crippen LogP contribution in [0.3, 0.4) is 0 Å². The molecule has 3 aliphatic carbocycles. The molecule has 0 amide bonds. The normalized spacial score (nSPS) is 25.9. The van der Waals surface area contributed by atoms with Gasteiger partial charge >= 0.3 is 21.4 Å². The van der Waals surface area contributed by atoms with Crippen molar-refractivity contribution in [1.29, 1.82) is 0 Å². The summed E-state index contributed by atoms with van der Waals surface area (Å²) in [5.74, 6) is -5.37. The van der Waals surface area contributed by atoms with Crippen LogP contribution in [0.4, 0.5) is 26.3 Å². The van der Waals surface area contributed by atoms with Crippen molar-refractivity contribution in [1.82, 2.24) is 0 Å². The monoisotopic (exact) mass is 792 g/mol. The van der Waals surface area contributed by atoms with E-state index in [-0.39, 0.29) is 50.8 Å². The number of hydrogen-bond acceptors (Lipinski definition) is 3. The Kier molecular flexibility index (Phi) is 14.2. The molecule has 4 fully saturated rings. The van der Waals surface area contributed by atoms with Crippen LogP contribution in [0, 0.1) is 52.7 Å².